The second-order valence-corrected chi connectivity index (χ2v) is 11.4. The van der Waals surface area contributed by atoms with Gasteiger partial charge in [0.2, 0.25) is 0 Å². The number of benzene rings is 5. The normalized spacial score (nSPS) is 10.2. The van der Waals surface area contributed by atoms with E-state index in [1.807, 2.05) is 0 Å². The molecule has 5 aromatic rings. The highest BCUT2D eigenvalue weighted by atomic mass is 19.3. The molecule has 0 atom stereocenters. The van der Waals surface area contributed by atoms with E-state index in [0.29, 0.717) is 39.4 Å². The summed E-state index contributed by atoms with van der Waals surface area (Å²) in [5.41, 5.74) is 7.98. The molecule has 0 saturated heterocycles. The number of hydrogen-bond acceptors (Lipinski definition) is 11. The van der Waals surface area contributed by atoms with Gasteiger partial charge in [0.1, 0.15) is 28.7 Å². The zero-order chi connectivity index (χ0) is 43.5. The van der Waals surface area contributed by atoms with Crippen LogP contribution in [0.4, 0.5) is 53.9 Å². The van der Waals surface area contributed by atoms with Crippen LogP contribution >= 0.6 is 0 Å². The van der Waals surface area contributed by atoms with Crippen molar-refractivity contribution < 1.29 is 65.0 Å². The minimum atomic E-state index is -2.98. The van der Waals surface area contributed by atoms with Gasteiger partial charge in [-0.2, -0.15) is 26.3 Å². The van der Waals surface area contributed by atoms with Crippen LogP contribution in [-0.2, 0) is 0 Å². The number of ether oxygens (including phenoxy) is 4. The van der Waals surface area contributed by atoms with Crippen LogP contribution in [0.5, 0.6) is 28.7 Å². The lowest BCUT2D eigenvalue weighted by Crippen LogP contribution is -2.16. The first kappa shape index (κ1) is 46.9. The van der Waals surface area contributed by atoms with Crippen LogP contribution < -0.4 is 30.0 Å². The van der Waals surface area contributed by atoms with Gasteiger partial charge in [0.25, 0.3) is 11.4 Å². The van der Waals surface area contributed by atoms with Crippen LogP contribution in [-0.4, -0.2) is 40.9 Å². The quantitative estimate of drug-likeness (QED) is 0.0524. The molecule has 0 spiro atoms. The van der Waals surface area contributed by atoms with E-state index in [4.69, 9.17) is 15.6 Å². The van der Waals surface area contributed by atoms with Gasteiger partial charge in [-0.25, -0.2) is 4.79 Å². The molecule has 5 aromatic carbocycles. The van der Waals surface area contributed by atoms with Crippen molar-refractivity contribution in [3.63, 3.8) is 0 Å². The molecule has 0 heterocycles. The Kier molecular flexibility index (Phi) is 18.6. The van der Waals surface area contributed by atoms with Gasteiger partial charge in [0.15, 0.2) is 0 Å². The third-order valence-electron chi connectivity index (χ3n) is 7.03. The number of anilines is 2. The smallest absolute Gasteiger partial charge is 0.417 e. The van der Waals surface area contributed by atoms with Crippen molar-refractivity contribution in [3.05, 3.63) is 146 Å². The maximum Gasteiger partial charge on any atom is 0.417 e. The van der Waals surface area contributed by atoms with Crippen molar-refractivity contribution in [2.24, 2.45) is 0 Å². The number of para-hydroxylation sites is 1. The molecule has 0 saturated carbocycles. The van der Waals surface area contributed by atoms with Crippen molar-refractivity contribution in [3.8, 4) is 28.7 Å². The summed E-state index contributed by atoms with van der Waals surface area (Å²) in [5.74, 6) is 0.298. The minimum absolute atomic E-state index is 0.00233. The molecule has 0 bridgehead atoms. The number of nitrogen functional groups attached to an aromatic ring is 1. The topological polar surface area (TPSA) is 199 Å². The summed E-state index contributed by atoms with van der Waals surface area (Å²) in [5, 5.41) is 32.0. The van der Waals surface area contributed by atoms with Gasteiger partial charge in [-0.05, 0) is 86.3 Å². The lowest BCUT2D eigenvalue weighted by molar-refractivity contribution is -0.385. The number of hydrogen-bond donors (Lipinski definition) is 3. The average Bonchev–Trinajstić information content (AvgIpc) is 3.14. The Balaban J connectivity index is 0.000000277. The van der Waals surface area contributed by atoms with E-state index in [0.717, 1.165) is 12.1 Å². The monoisotopic (exact) mass is 822 g/mol. The van der Waals surface area contributed by atoms with Crippen molar-refractivity contribution >= 4 is 28.8 Å². The summed E-state index contributed by atoms with van der Waals surface area (Å²) in [6.07, 6.45) is -0.715. The predicted molar refractivity (Wildman–Crippen MR) is 200 cm³/mol. The number of nitrogens with one attached hydrogen (secondary N) is 1. The van der Waals surface area contributed by atoms with Crippen molar-refractivity contribution in [1.29, 1.82) is 0 Å². The zero-order valence-electron chi connectivity index (χ0n) is 30.9. The number of alkyl halides is 6. The summed E-state index contributed by atoms with van der Waals surface area (Å²) in [4.78, 5) is 30.9. The molecule has 0 aromatic heterocycles. The largest absolute Gasteiger partial charge is 0.507 e. The molecule has 58 heavy (non-hydrogen) atoms. The highest BCUT2D eigenvalue weighted by molar-refractivity contribution is 5.86. The fourth-order valence-electron chi connectivity index (χ4n) is 4.12. The number of aromatic hydroxyl groups is 1. The molecule has 0 aliphatic carbocycles. The Morgan fingerprint density at radius 2 is 1.05 bits per heavy atom. The van der Waals surface area contributed by atoms with E-state index in [2.05, 4.69) is 19.5 Å². The van der Waals surface area contributed by atoms with Gasteiger partial charge < -0.3 is 29.8 Å². The summed E-state index contributed by atoms with van der Waals surface area (Å²) in [7, 11) is 0. The first-order valence-corrected chi connectivity index (χ1v) is 16.3. The van der Waals surface area contributed by atoms with Crippen LogP contribution in [0.1, 0.15) is 22.3 Å². The first-order chi connectivity index (χ1) is 27.2. The number of aryl methyl sites for hydroxylation is 4. The second kappa shape index (κ2) is 23.0. The van der Waals surface area contributed by atoms with Gasteiger partial charge >= 0.3 is 25.9 Å². The van der Waals surface area contributed by atoms with Gasteiger partial charge in [-0.15, -0.1) is 0 Å². The van der Waals surface area contributed by atoms with Crippen LogP contribution in [0.2, 0.25) is 0 Å². The number of phenolic OH excluding ortho intramolecular Hbond substituents is 1. The second-order valence-electron chi connectivity index (χ2n) is 11.4. The molecule has 5 rings (SSSR count). The SMILES string of the molecule is Cc1ccc(N)cc1OC(F)F.Cc1ccc(NC(=O)Oc2ccccc2)cc1OC(F)F.Cc1ccc([N+](=O)[O-])cc1O.Cc1ccc([N+](=O)[O-])cc1OC(F)F. The third-order valence-corrected chi connectivity index (χ3v) is 7.03. The van der Waals surface area contributed by atoms with Crippen LogP contribution in [0.3, 0.4) is 0 Å². The first-order valence-electron chi connectivity index (χ1n) is 16.3. The maximum absolute atomic E-state index is 12.2. The number of carbonyl (C=O) groups is 1. The molecule has 310 valence electrons. The van der Waals surface area contributed by atoms with E-state index in [-0.39, 0.29) is 34.4 Å². The summed E-state index contributed by atoms with van der Waals surface area (Å²) in [6, 6.07) is 25.1. The Labute approximate surface area is 326 Å². The maximum atomic E-state index is 12.2. The number of nitrogens with zero attached hydrogens (tertiary/aromatic N) is 2. The number of halogens is 6. The van der Waals surface area contributed by atoms with Crippen molar-refractivity contribution in [1.82, 2.24) is 0 Å². The van der Waals surface area contributed by atoms with E-state index < -0.39 is 35.8 Å². The number of nitrogens with two attached hydrogens (primary N) is 1. The highest BCUT2D eigenvalue weighted by Gasteiger charge is 2.14. The van der Waals surface area contributed by atoms with Crippen LogP contribution in [0.25, 0.3) is 0 Å². The molecule has 0 unspecified atom stereocenters. The molecule has 0 radical (unpaired) electrons. The standard InChI is InChI=1S/C15H13F2NO3.C8H7F2NO3.C8H9F2NO.C7H7NO3/c1-10-7-8-11(9-13(10)21-14(16)17)18-15(19)20-12-5-3-2-4-6-12;1-5-2-3-6(11(12)13)4-7(5)14-8(9)10;1-5-2-3-6(11)4-7(5)12-8(9)10;1-5-2-3-6(8(10)11)4-7(5)9/h2-9,14H,1H3,(H,18,19);2-4,8H,1H3;2-4,8H,11H2,1H3;2-4,9H,1H3. The number of non-ortho nitro benzene ring substituents is 2. The number of nitro groups is 2. The molecule has 14 nitrogen and oxygen atoms in total. The summed E-state index contributed by atoms with van der Waals surface area (Å²) in [6.45, 7) is -2.18. The van der Waals surface area contributed by atoms with Crippen molar-refractivity contribution in [2.45, 2.75) is 47.5 Å². The minimum Gasteiger partial charge on any atom is -0.507 e. The fourth-order valence-corrected chi connectivity index (χ4v) is 4.12. The van der Waals surface area contributed by atoms with E-state index in [1.54, 1.807) is 75.4 Å². The van der Waals surface area contributed by atoms with E-state index in [9.17, 15) is 51.4 Å². The number of nitro benzene ring substituents is 2. The molecular formula is C38H36F6N4O10. The molecule has 0 aliphatic heterocycles. The lowest BCUT2D eigenvalue weighted by Gasteiger charge is -2.11. The Hall–Kier alpha value is -7.25. The molecule has 4 N–H and O–H groups in total. The van der Waals surface area contributed by atoms with Gasteiger partial charge in [0, 0.05) is 35.6 Å². The van der Waals surface area contributed by atoms with Gasteiger partial charge in [0.05, 0.1) is 22.0 Å². The molecule has 1 amide bonds. The molecular weight excluding hydrogens is 786 g/mol. The van der Waals surface area contributed by atoms with Crippen LogP contribution in [0.15, 0.2) is 103 Å². The molecule has 0 aliphatic rings. The lowest BCUT2D eigenvalue weighted by atomic mass is 10.2. The van der Waals surface area contributed by atoms with Crippen molar-refractivity contribution in [2.75, 3.05) is 11.1 Å². The zero-order valence-corrected chi connectivity index (χ0v) is 30.9. The Morgan fingerprint density at radius 3 is 1.53 bits per heavy atom. The third kappa shape index (κ3) is 17.0. The Bertz CT molecular complexity index is 2130. The number of carbonyl (C=O) groups excluding carboxylic acids is 1. The predicted octanol–water partition coefficient (Wildman–Crippen LogP) is 10.5. The van der Waals surface area contributed by atoms with Crippen LogP contribution in [0, 0.1) is 47.9 Å². The highest BCUT2D eigenvalue weighted by Crippen LogP contribution is 2.27. The van der Waals surface area contributed by atoms with E-state index >= 15 is 0 Å². The van der Waals surface area contributed by atoms with E-state index in [1.165, 1.54) is 43.3 Å². The number of rotatable bonds is 10. The van der Waals surface area contributed by atoms with Gasteiger partial charge in [-0.1, -0.05) is 30.3 Å². The molecule has 20 heteroatoms. The van der Waals surface area contributed by atoms with Gasteiger partial charge in [-0.3, -0.25) is 25.5 Å². The molecule has 0 fully saturated rings. The number of amides is 1. The summed E-state index contributed by atoms with van der Waals surface area (Å²) >= 11 is 0. The average molecular weight is 823 g/mol. The Morgan fingerprint density at radius 1 is 0.621 bits per heavy atom. The fraction of sp³-hybridized carbons (Fsp3) is 0.184. The number of phenols is 1. The summed E-state index contributed by atoms with van der Waals surface area (Å²) < 4.78 is 89.4.